The van der Waals surface area contributed by atoms with Crippen LogP contribution < -0.4 is 10.6 Å². The molecule has 7 heteroatoms. The topological polar surface area (TPSA) is 79.3 Å². The van der Waals surface area contributed by atoms with Crippen molar-refractivity contribution in [1.29, 1.82) is 0 Å². The molecule has 1 atom stereocenters. The molecule has 2 N–H and O–H groups in total. The number of amides is 3. The summed E-state index contributed by atoms with van der Waals surface area (Å²) in [7, 11) is 5.22. The maximum Gasteiger partial charge on any atom is 0.315 e. The van der Waals surface area contributed by atoms with Gasteiger partial charge in [0.05, 0.1) is 5.69 Å². The van der Waals surface area contributed by atoms with Crippen molar-refractivity contribution in [3.63, 3.8) is 0 Å². The molecule has 0 fully saturated rings. The van der Waals surface area contributed by atoms with Crippen LogP contribution in [0.2, 0.25) is 0 Å². The van der Waals surface area contributed by atoms with Crippen LogP contribution in [-0.4, -0.2) is 53.3 Å². The number of nitrogens with zero attached hydrogens (tertiary/aromatic N) is 3. The first-order valence-electron chi connectivity index (χ1n) is 6.98. The standard InChI is InChI=1S/C14H25N5O2/c1-9-12(11(3)19(6)17-9)7-8-15-14(21)16-10(2)13(20)18(4)5/h10H,7-8H2,1-6H3,(H2,15,16,21)/t10-/m0/s1. The molecule has 0 unspecified atom stereocenters. The van der Waals surface area contributed by atoms with Crippen LogP contribution in [0.15, 0.2) is 0 Å². The van der Waals surface area contributed by atoms with E-state index in [0.29, 0.717) is 6.54 Å². The van der Waals surface area contributed by atoms with Gasteiger partial charge < -0.3 is 15.5 Å². The van der Waals surface area contributed by atoms with Gasteiger partial charge in [0.15, 0.2) is 0 Å². The Morgan fingerprint density at radius 3 is 2.43 bits per heavy atom. The second kappa shape index (κ2) is 7.10. The van der Waals surface area contributed by atoms with Crippen molar-refractivity contribution in [3.8, 4) is 0 Å². The van der Waals surface area contributed by atoms with Gasteiger partial charge in [-0.15, -0.1) is 0 Å². The third-order valence-corrected chi connectivity index (χ3v) is 3.48. The SMILES string of the molecule is Cc1nn(C)c(C)c1CCNC(=O)N[C@@H](C)C(=O)N(C)C. The zero-order chi connectivity index (χ0) is 16.2. The van der Waals surface area contributed by atoms with Crippen molar-refractivity contribution in [3.05, 3.63) is 17.0 Å². The second-order valence-electron chi connectivity index (χ2n) is 5.38. The van der Waals surface area contributed by atoms with E-state index < -0.39 is 6.04 Å². The molecule has 0 bridgehead atoms. The number of hydrogen-bond acceptors (Lipinski definition) is 3. The van der Waals surface area contributed by atoms with Crippen LogP contribution in [0.3, 0.4) is 0 Å². The Bertz CT molecular complexity index is 522. The summed E-state index contributed by atoms with van der Waals surface area (Å²) in [4.78, 5) is 24.8. The van der Waals surface area contributed by atoms with Gasteiger partial charge in [-0.05, 0) is 32.8 Å². The molecule has 0 saturated heterocycles. The first-order valence-corrected chi connectivity index (χ1v) is 6.98. The molecule has 0 radical (unpaired) electrons. The highest BCUT2D eigenvalue weighted by molar-refractivity contribution is 5.86. The Labute approximate surface area is 125 Å². The van der Waals surface area contributed by atoms with E-state index in [2.05, 4.69) is 15.7 Å². The van der Waals surface area contributed by atoms with Crippen molar-refractivity contribution in [1.82, 2.24) is 25.3 Å². The van der Waals surface area contributed by atoms with Gasteiger partial charge in [0, 0.05) is 33.4 Å². The van der Waals surface area contributed by atoms with Crippen LogP contribution in [0.5, 0.6) is 0 Å². The number of carbonyl (C=O) groups is 2. The Morgan fingerprint density at radius 2 is 1.95 bits per heavy atom. The Hall–Kier alpha value is -2.05. The lowest BCUT2D eigenvalue weighted by Crippen LogP contribution is -2.48. The second-order valence-corrected chi connectivity index (χ2v) is 5.38. The molecular weight excluding hydrogens is 270 g/mol. The molecule has 0 aliphatic carbocycles. The lowest BCUT2D eigenvalue weighted by atomic mass is 10.1. The van der Waals surface area contributed by atoms with Crippen molar-refractivity contribution in [2.45, 2.75) is 33.2 Å². The lowest BCUT2D eigenvalue weighted by molar-refractivity contribution is -0.130. The minimum atomic E-state index is -0.540. The fraction of sp³-hybridized carbons (Fsp3) is 0.643. The average Bonchev–Trinajstić information content (AvgIpc) is 2.63. The van der Waals surface area contributed by atoms with Crippen LogP contribution in [0.1, 0.15) is 23.9 Å². The van der Waals surface area contributed by atoms with Crippen LogP contribution in [0, 0.1) is 13.8 Å². The number of nitrogens with one attached hydrogen (secondary N) is 2. The molecule has 0 aromatic carbocycles. The van der Waals surface area contributed by atoms with E-state index in [-0.39, 0.29) is 11.9 Å². The molecule has 1 heterocycles. The largest absolute Gasteiger partial charge is 0.347 e. The highest BCUT2D eigenvalue weighted by atomic mass is 16.2. The van der Waals surface area contributed by atoms with Gasteiger partial charge in [0.2, 0.25) is 5.91 Å². The summed E-state index contributed by atoms with van der Waals surface area (Å²) in [5.41, 5.74) is 3.23. The van der Waals surface area contributed by atoms with E-state index in [9.17, 15) is 9.59 Å². The molecule has 0 aliphatic heterocycles. The molecule has 0 saturated carbocycles. The van der Waals surface area contributed by atoms with Crippen LogP contribution in [-0.2, 0) is 18.3 Å². The first-order chi connectivity index (χ1) is 9.73. The summed E-state index contributed by atoms with van der Waals surface area (Å²) in [5.74, 6) is -0.135. The molecule has 3 amide bonds. The maximum absolute atomic E-state index is 11.7. The highest BCUT2D eigenvalue weighted by Crippen LogP contribution is 2.11. The molecule has 1 aromatic rings. The normalized spacial score (nSPS) is 11.9. The number of aryl methyl sites for hydroxylation is 2. The summed E-state index contributed by atoms with van der Waals surface area (Å²) < 4.78 is 1.84. The summed E-state index contributed by atoms with van der Waals surface area (Å²) in [6, 6.07) is -0.876. The third kappa shape index (κ3) is 4.47. The minimum Gasteiger partial charge on any atom is -0.347 e. The predicted octanol–water partition coefficient (Wildman–Crippen LogP) is 0.355. The number of aromatic nitrogens is 2. The van der Waals surface area contributed by atoms with Crippen LogP contribution >= 0.6 is 0 Å². The molecule has 1 rings (SSSR count). The van der Waals surface area contributed by atoms with E-state index in [4.69, 9.17) is 0 Å². The Morgan fingerprint density at radius 1 is 1.33 bits per heavy atom. The van der Waals surface area contributed by atoms with E-state index in [1.54, 1.807) is 21.0 Å². The minimum absolute atomic E-state index is 0.135. The van der Waals surface area contributed by atoms with E-state index in [1.807, 2.05) is 25.6 Å². The Kier molecular flexibility index (Phi) is 5.75. The van der Waals surface area contributed by atoms with E-state index in [0.717, 1.165) is 23.4 Å². The molecule has 7 nitrogen and oxygen atoms in total. The van der Waals surface area contributed by atoms with Crippen LogP contribution in [0.25, 0.3) is 0 Å². The molecule has 21 heavy (non-hydrogen) atoms. The highest BCUT2D eigenvalue weighted by Gasteiger charge is 2.17. The molecule has 0 spiro atoms. The van der Waals surface area contributed by atoms with Gasteiger partial charge >= 0.3 is 6.03 Å². The molecular formula is C14H25N5O2. The van der Waals surface area contributed by atoms with E-state index >= 15 is 0 Å². The maximum atomic E-state index is 11.7. The molecule has 0 aliphatic rings. The van der Waals surface area contributed by atoms with Gasteiger partial charge in [-0.2, -0.15) is 5.10 Å². The number of carbonyl (C=O) groups excluding carboxylic acids is 2. The van der Waals surface area contributed by atoms with Crippen molar-refractivity contribution in [2.24, 2.45) is 7.05 Å². The first kappa shape index (κ1) is 17.0. The van der Waals surface area contributed by atoms with Crippen molar-refractivity contribution in [2.75, 3.05) is 20.6 Å². The van der Waals surface area contributed by atoms with Crippen LogP contribution in [0.4, 0.5) is 4.79 Å². The van der Waals surface area contributed by atoms with Gasteiger partial charge in [-0.1, -0.05) is 0 Å². The molecule has 1 aromatic heterocycles. The zero-order valence-corrected chi connectivity index (χ0v) is 13.6. The van der Waals surface area contributed by atoms with Gasteiger partial charge in [0.1, 0.15) is 6.04 Å². The average molecular weight is 295 g/mol. The fourth-order valence-corrected chi connectivity index (χ4v) is 2.18. The monoisotopic (exact) mass is 295 g/mol. The quantitative estimate of drug-likeness (QED) is 0.823. The lowest BCUT2D eigenvalue weighted by Gasteiger charge is -2.18. The smallest absolute Gasteiger partial charge is 0.315 e. The van der Waals surface area contributed by atoms with Gasteiger partial charge in [0.25, 0.3) is 0 Å². The van der Waals surface area contributed by atoms with Gasteiger partial charge in [-0.25, -0.2) is 4.79 Å². The summed E-state index contributed by atoms with van der Waals surface area (Å²) in [5, 5.41) is 9.72. The zero-order valence-electron chi connectivity index (χ0n) is 13.6. The summed E-state index contributed by atoms with van der Waals surface area (Å²) in [6.45, 7) is 6.13. The number of likely N-dealkylation sites (N-methyl/N-ethyl adjacent to an activating group) is 1. The summed E-state index contributed by atoms with van der Waals surface area (Å²) >= 11 is 0. The number of rotatable bonds is 5. The predicted molar refractivity (Wildman–Crippen MR) is 81.1 cm³/mol. The fourth-order valence-electron chi connectivity index (χ4n) is 2.18. The van der Waals surface area contributed by atoms with Crippen molar-refractivity contribution < 1.29 is 9.59 Å². The number of hydrogen-bond donors (Lipinski definition) is 2. The molecule has 118 valence electrons. The Balaban J connectivity index is 2.42. The van der Waals surface area contributed by atoms with E-state index in [1.165, 1.54) is 4.90 Å². The number of urea groups is 1. The third-order valence-electron chi connectivity index (χ3n) is 3.48. The van der Waals surface area contributed by atoms with Crippen molar-refractivity contribution >= 4 is 11.9 Å². The summed E-state index contributed by atoms with van der Waals surface area (Å²) in [6.07, 6.45) is 0.717. The van der Waals surface area contributed by atoms with Gasteiger partial charge in [-0.3, -0.25) is 9.48 Å².